The van der Waals surface area contributed by atoms with Crippen LogP contribution in [0.2, 0.25) is 0 Å². The molecule has 0 aliphatic rings. The van der Waals surface area contributed by atoms with Gasteiger partial charge in [-0.3, -0.25) is 14.6 Å². The highest BCUT2D eigenvalue weighted by Crippen LogP contribution is 2.29. The minimum atomic E-state index is -0.308. The lowest BCUT2D eigenvalue weighted by Gasteiger charge is -2.12. The van der Waals surface area contributed by atoms with Crippen molar-refractivity contribution in [3.05, 3.63) is 83.7 Å². The first-order chi connectivity index (χ1) is 14.1. The third kappa shape index (κ3) is 5.10. The lowest BCUT2D eigenvalue weighted by molar-refractivity contribution is 0.0949. The van der Waals surface area contributed by atoms with E-state index in [-0.39, 0.29) is 11.8 Å². The molecule has 0 saturated carbocycles. The van der Waals surface area contributed by atoms with Crippen LogP contribution in [0.15, 0.2) is 67.0 Å². The van der Waals surface area contributed by atoms with Gasteiger partial charge in [0.2, 0.25) is 0 Å². The summed E-state index contributed by atoms with van der Waals surface area (Å²) >= 11 is 0. The van der Waals surface area contributed by atoms with Gasteiger partial charge in [0.1, 0.15) is 11.5 Å². The van der Waals surface area contributed by atoms with Crippen molar-refractivity contribution in [1.29, 1.82) is 0 Å². The third-order valence-electron chi connectivity index (χ3n) is 4.27. The summed E-state index contributed by atoms with van der Waals surface area (Å²) in [5.74, 6) is 0.592. The molecule has 3 rings (SSSR count). The number of aromatic nitrogens is 1. The minimum absolute atomic E-state index is 0.217. The van der Waals surface area contributed by atoms with Crippen molar-refractivity contribution in [3.63, 3.8) is 0 Å². The molecule has 0 radical (unpaired) electrons. The summed E-state index contributed by atoms with van der Waals surface area (Å²) in [5, 5.41) is 5.63. The van der Waals surface area contributed by atoms with Gasteiger partial charge in [-0.15, -0.1) is 0 Å². The van der Waals surface area contributed by atoms with Crippen LogP contribution in [0, 0.1) is 0 Å². The number of nitrogens with zero attached hydrogens (tertiary/aromatic N) is 1. The molecule has 0 aliphatic carbocycles. The topological polar surface area (TPSA) is 89.5 Å². The Morgan fingerprint density at radius 2 is 1.52 bits per heavy atom. The fraction of sp³-hybridized carbons (Fsp3) is 0.136. The van der Waals surface area contributed by atoms with E-state index in [4.69, 9.17) is 9.47 Å². The first kappa shape index (κ1) is 19.9. The average molecular weight is 391 g/mol. The molecule has 7 nitrogen and oxygen atoms in total. The van der Waals surface area contributed by atoms with Gasteiger partial charge >= 0.3 is 0 Å². The SMILES string of the molecule is COc1ccc(NC(=O)c2ccc(C(=O)NCc3ccncc3)cc2)c(OC)c1. The van der Waals surface area contributed by atoms with Gasteiger partial charge in [0, 0.05) is 36.1 Å². The van der Waals surface area contributed by atoms with E-state index in [0.717, 1.165) is 5.56 Å². The first-order valence-electron chi connectivity index (χ1n) is 8.91. The van der Waals surface area contributed by atoms with Gasteiger partial charge in [-0.2, -0.15) is 0 Å². The second-order valence-electron chi connectivity index (χ2n) is 6.14. The van der Waals surface area contributed by atoms with E-state index in [2.05, 4.69) is 15.6 Å². The predicted molar refractivity (Wildman–Crippen MR) is 109 cm³/mol. The van der Waals surface area contributed by atoms with Gasteiger partial charge in [0.25, 0.3) is 11.8 Å². The zero-order valence-corrected chi connectivity index (χ0v) is 16.1. The number of pyridine rings is 1. The van der Waals surface area contributed by atoms with Crippen LogP contribution < -0.4 is 20.1 Å². The molecule has 2 N–H and O–H groups in total. The van der Waals surface area contributed by atoms with Crippen molar-refractivity contribution in [2.24, 2.45) is 0 Å². The van der Waals surface area contributed by atoms with Gasteiger partial charge in [-0.05, 0) is 54.1 Å². The minimum Gasteiger partial charge on any atom is -0.497 e. The molecule has 2 aromatic carbocycles. The molecule has 0 saturated heterocycles. The molecule has 148 valence electrons. The maximum atomic E-state index is 12.5. The number of nitrogens with one attached hydrogen (secondary N) is 2. The standard InChI is InChI=1S/C22H21N3O4/c1-28-18-7-8-19(20(13-18)29-2)25-22(27)17-5-3-16(4-6-17)21(26)24-14-15-9-11-23-12-10-15/h3-13H,14H2,1-2H3,(H,24,26)(H,25,27). The Labute approximate surface area is 168 Å². The molecular weight excluding hydrogens is 370 g/mol. The number of amides is 2. The van der Waals surface area contributed by atoms with E-state index in [9.17, 15) is 9.59 Å². The lowest BCUT2D eigenvalue weighted by Crippen LogP contribution is -2.23. The summed E-state index contributed by atoms with van der Waals surface area (Å²) in [4.78, 5) is 28.7. The van der Waals surface area contributed by atoms with Gasteiger partial charge in [-0.25, -0.2) is 0 Å². The number of hydrogen-bond donors (Lipinski definition) is 2. The number of rotatable bonds is 7. The number of methoxy groups -OCH3 is 2. The van der Waals surface area contributed by atoms with E-state index in [1.807, 2.05) is 12.1 Å². The van der Waals surface area contributed by atoms with E-state index < -0.39 is 0 Å². The lowest BCUT2D eigenvalue weighted by atomic mass is 10.1. The van der Waals surface area contributed by atoms with E-state index in [1.54, 1.807) is 62.0 Å². The first-order valence-corrected chi connectivity index (χ1v) is 8.91. The van der Waals surface area contributed by atoms with Gasteiger partial charge < -0.3 is 20.1 Å². The molecule has 0 bridgehead atoms. The number of carbonyl (C=O) groups is 2. The van der Waals surface area contributed by atoms with E-state index >= 15 is 0 Å². The average Bonchev–Trinajstić information content (AvgIpc) is 2.78. The van der Waals surface area contributed by atoms with Gasteiger partial charge in [-0.1, -0.05) is 0 Å². The van der Waals surface area contributed by atoms with Gasteiger partial charge in [0.15, 0.2) is 0 Å². The zero-order chi connectivity index (χ0) is 20.6. The highest BCUT2D eigenvalue weighted by Gasteiger charge is 2.12. The van der Waals surface area contributed by atoms with Crippen LogP contribution in [0.4, 0.5) is 5.69 Å². The fourth-order valence-corrected chi connectivity index (χ4v) is 2.65. The number of carbonyl (C=O) groups excluding carboxylic acids is 2. The molecule has 0 unspecified atom stereocenters. The van der Waals surface area contributed by atoms with Crippen molar-refractivity contribution >= 4 is 17.5 Å². The van der Waals surface area contributed by atoms with Gasteiger partial charge in [0.05, 0.1) is 19.9 Å². The number of hydrogen-bond acceptors (Lipinski definition) is 5. The molecule has 0 aliphatic heterocycles. The van der Waals surface area contributed by atoms with Crippen molar-refractivity contribution < 1.29 is 19.1 Å². The number of benzene rings is 2. The maximum Gasteiger partial charge on any atom is 0.255 e. The van der Waals surface area contributed by atoms with Crippen molar-refractivity contribution in [1.82, 2.24) is 10.3 Å². The zero-order valence-electron chi connectivity index (χ0n) is 16.1. The van der Waals surface area contributed by atoms with Crippen LogP contribution in [-0.4, -0.2) is 31.0 Å². The Balaban J connectivity index is 1.63. The summed E-state index contributed by atoms with van der Waals surface area (Å²) < 4.78 is 10.4. The second-order valence-corrected chi connectivity index (χ2v) is 6.14. The highest BCUT2D eigenvalue weighted by atomic mass is 16.5. The van der Waals surface area contributed by atoms with Crippen LogP contribution in [0.5, 0.6) is 11.5 Å². The maximum absolute atomic E-state index is 12.5. The third-order valence-corrected chi connectivity index (χ3v) is 4.27. The summed E-state index contributed by atoms with van der Waals surface area (Å²) in [6, 6.07) is 15.2. The van der Waals surface area contributed by atoms with E-state index in [1.165, 1.54) is 7.11 Å². The summed E-state index contributed by atoms with van der Waals surface area (Å²) in [5.41, 5.74) is 2.38. The van der Waals surface area contributed by atoms with Crippen molar-refractivity contribution in [2.75, 3.05) is 19.5 Å². The molecule has 1 heterocycles. The van der Waals surface area contributed by atoms with Crippen LogP contribution >= 0.6 is 0 Å². The van der Waals surface area contributed by atoms with Crippen molar-refractivity contribution in [3.8, 4) is 11.5 Å². The molecule has 0 fully saturated rings. The fourth-order valence-electron chi connectivity index (χ4n) is 2.65. The summed E-state index contributed by atoms with van der Waals surface area (Å²) in [6.45, 7) is 0.404. The quantitative estimate of drug-likeness (QED) is 0.645. The highest BCUT2D eigenvalue weighted by molar-refractivity contribution is 6.05. The van der Waals surface area contributed by atoms with E-state index in [0.29, 0.717) is 34.9 Å². The number of ether oxygens (including phenoxy) is 2. The summed E-state index contributed by atoms with van der Waals surface area (Å²) in [6.07, 6.45) is 3.35. The molecular formula is C22H21N3O4. The van der Waals surface area contributed by atoms with Crippen LogP contribution in [0.1, 0.15) is 26.3 Å². The molecule has 7 heteroatoms. The Hall–Kier alpha value is -3.87. The normalized spacial score (nSPS) is 10.1. The second kappa shape index (κ2) is 9.36. The Morgan fingerprint density at radius 1 is 0.862 bits per heavy atom. The molecule has 2 amide bonds. The monoisotopic (exact) mass is 391 g/mol. The Kier molecular flexibility index (Phi) is 6.42. The smallest absolute Gasteiger partial charge is 0.255 e. The Morgan fingerprint density at radius 3 is 2.14 bits per heavy atom. The molecule has 1 aromatic heterocycles. The van der Waals surface area contributed by atoms with Crippen molar-refractivity contribution in [2.45, 2.75) is 6.54 Å². The molecule has 0 spiro atoms. The molecule has 3 aromatic rings. The molecule has 29 heavy (non-hydrogen) atoms. The summed E-state index contributed by atoms with van der Waals surface area (Å²) in [7, 11) is 3.07. The predicted octanol–water partition coefficient (Wildman–Crippen LogP) is 3.28. The van der Waals surface area contributed by atoms with Crippen LogP contribution in [0.25, 0.3) is 0 Å². The van der Waals surface area contributed by atoms with Crippen LogP contribution in [0.3, 0.4) is 0 Å². The largest absolute Gasteiger partial charge is 0.497 e. The Bertz CT molecular complexity index is 989. The number of anilines is 1. The molecule has 0 atom stereocenters. The van der Waals surface area contributed by atoms with Crippen LogP contribution in [-0.2, 0) is 6.54 Å².